The first-order valence-corrected chi connectivity index (χ1v) is 6.01. The van der Waals surface area contributed by atoms with E-state index in [1.807, 2.05) is 31.2 Å². The minimum Gasteiger partial charge on any atom is -0.458 e. The summed E-state index contributed by atoms with van der Waals surface area (Å²) in [6.07, 6.45) is 0.805. The highest BCUT2D eigenvalue weighted by molar-refractivity contribution is 6.36. The van der Waals surface area contributed by atoms with Gasteiger partial charge in [0.1, 0.15) is 0 Å². The summed E-state index contributed by atoms with van der Waals surface area (Å²) in [6, 6.07) is 7.92. The molecule has 1 N–H and O–H groups in total. The third kappa shape index (κ3) is 4.20. The number of carbonyl (C=O) groups is 1. The van der Waals surface area contributed by atoms with Crippen LogP contribution in [0.3, 0.4) is 0 Å². The Labute approximate surface area is 107 Å². The number of rotatable bonds is 5. The van der Waals surface area contributed by atoms with E-state index in [1.54, 1.807) is 13.8 Å². The molecular weight excluding hydrogens is 230 g/mol. The first-order chi connectivity index (χ1) is 8.54. The quantitative estimate of drug-likeness (QED) is 0.378. The summed E-state index contributed by atoms with van der Waals surface area (Å²) in [5.74, 6) is -0.555. The lowest BCUT2D eigenvalue weighted by atomic mass is 10.0. The van der Waals surface area contributed by atoms with Gasteiger partial charge in [0.05, 0.1) is 6.10 Å². The first kappa shape index (κ1) is 14.2. The van der Waals surface area contributed by atoms with E-state index in [4.69, 9.17) is 9.94 Å². The van der Waals surface area contributed by atoms with Gasteiger partial charge in [0.2, 0.25) is 0 Å². The topological polar surface area (TPSA) is 58.9 Å². The van der Waals surface area contributed by atoms with E-state index >= 15 is 0 Å². The Morgan fingerprint density at radius 1 is 1.39 bits per heavy atom. The Bertz CT molecular complexity index is 438. The molecule has 98 valence electrons. The van der Waals surface area contributed by atoms with E-state index in [0.717, 1.165) is 11.1 Å². The summed E-state index contributed by atoms with van der Waals surface area (Å²) >= 11 is 0. The fourth-order valence-electron chi connectivity index (χ4n) is 1.62. The van der Waals surface area contributed by atoms with E-state index in [2.05, 4.69) is 5.16 Å². The Balaban J connectivity index is 2.61. The van der Waals surface area contributed by atoms with Gasteiger partial charge in [-0.2, -0.15) is 0 Å². The number of oxime groups is 1. The predicted molar refractivity (Wildman–Crippen MR) is 69.9 cm³/mol. The summed E-state index contributed by atoms with van der Waals surface area (Å²) in [6.45, 7) is 5.53. The molecule has 0 saturated heterocycles. The van der Waals surface area contributed by atoms with Gasteiger partial charge in [0.25, 0.3) is 0 Å². The van der Waals surface area contributed by atoms with Gasteiger partial charge in [0.15, 0.2) is 5.71 Å². The van der Waals surface area contributed by atoms with E-state index in [9.17, 15) is 4.79 Å². The molecular formula is C14H19NO3. The van der Waals surface area contributed by atoms with Gasteiger partial charge in [-0.15, -0.1) is 0 Å². The van der Waals surface area contributed by atoms with Crippen LogP contribution in [0.15, 0.2) is 29.4 Å². The molecule has 0 radical (unpaired) electrons. The first-order valence-electron chi connectivity index (χ1n) is 6.01. The van der Waals surface area contributed by atoms with Crippen molar-refractivity contribution in [1.29, 1.82) is 0 Å². The molecule has 0 aliphatic rings. The van der Waals surface area contributed by atoms with Crippen molar-refractivity contribution in [1.82, 2.24) is 0 Å². The van der Waals surface area contributed by atoms with Crippen LogP contribution in [0.2, 0.25) is 0 Å². The van der Waals surface area contributed by atoms with E-state index in [1.165, 1.54) is 0 Å². The van der Waals surface area contributed by atoms with Crippen LogP contribution in [0, 0.1) is 6.92 Å². The maximum atomic E-state index is 11.6. The van der Waals surface area contributed by atoms with E-state index in [-0.39, 0.29) is 11.8 Å². The minimum absolute atomic E-state index is 0.0620. The average Bonchev–Trinajstić information content (AvgIpc) is 2.31. The third-order valence-electron chi connectivity index (χ3n) is 2.59. The molecule has 18 heavy (non-hydrogen) atoms. The molecule has 0 spiro atoms. The van der Waals surface area contributed by atoms with Crippen LogP contribution in [-0.2, 0) is 16.0 Å². The number of esters is 1. The molecule has 1 aromatic rings. The standard InChI is InChI=1S/C14H19NO3/c1-10(2)18-14(16)13(15-17)9-8-12-7-5-4-6-11(12)3/h4-7,10,17H,8-9H2,1-3H3. The van der Waals surface area contributed by atoms with E-state index < -0.39 is 5.97 Å². The van der Waals surface area contributed by atoms with Crippen molar-refractivity contribution < 1.29 is 14.7 Å². The maximum Gasteiger partial charge on any atom is 0.356 e. The van der Waals surface area contributed by atoms with Crippen LogP contribution in [0.1, 0.15) is 31.4 Å². The summed E-state index contributed by atoms with van der Waals surface area (Å²) in [5, 5.41) is 11.9. The smallest absolute Gasteiger partial charge is 0.356 e. The fourth-order valence-corrected chi connectivity index (χ4v) is 1.62. The molecule has 0 amide bonds. The Morgan fingerprint density at radius 2 is 2.06 bits per heavy atom. The number of benzene rings is 1. The fraction of sp³-hybridized carbons (Fsp3) is 0.429. The lowest BCUT2D eigenvalue weighted by molar-refractivity contribution is -0.139. The molecule has 0 aromatic heterocycles. The monoisotopic (exact) mass is 249 g/mol. The molecule has 0 fully saturated rings. The van der Waals surface area contributed by atoms with Crippen molar-refractivity contribution in [3.63, 3.8) is 0 Å². The van der Waals surface area contributed by atoms with Gasteiger partial charge in [-0.25, -0.2) is 4.79 Å². The third-order valence-corrected chi connectivity index (χ3v) is 2.59. The molecule has 0 saturated carbocycles. The molecule has 0 bridgehead atoms. The maximum absolute atomic E-state index is 11.6. The number of carbonyl (C=O) groups excluding carboxylic acids is 1. The van der Waals surface area contributed by atoms with Gasteiger partial charge in [-0.05, 0) is 38.3 Å². The Morgan fingerprint density at radius 3 is 2.61 bits per heavy atom. The van der Waals surface area contributed by atoms with Crippen molar-refractivity contribution in [2.45, 2.75) is 39.7 Å². The van der Waals surface area contributed by atoms with E-state index in [0.29, 0.717) is 12.8 Å². The zero-order chi connectivity index (χ0) is 13.5. The highest BCUT2D eigenvalue weighted by Crippen LogP contribution is 2.10. The lowest BCUT2D eigenvalue weighted by Crippen LogP contribution is -2.22. The van der Waals surface area contributed by atoms with Crippen LogP contribution in [0.5, 0.6) is 0 Å². The summed E-state index contributed by atoms with van der Waals surface area (Å²) in [5.41, 5.74) is 2.36. The summed E-state index contributed by atoms with van der Waals surface area (Å²) in [4.78, 5) is 11.6. The molecule has 4 heteroatoms. The number of hydrogen-bond acceptors (Lipinski definition) is 4. The lowest BCUT2D eigenvalue weighted by Gasteiger charge is -2.09. The normalized spacial score (nSPS) is 11.7. The molecule has 0 heterocycles. The van der Waals surface area contributed by atoms with Crippen molar-refractivity contribution in [3.05, 3.63) is 35.4 Å². The van der Waals surface area contributed by atoms with Crippen LogP contribution in [0.4, 0.5) is 0 Å². The Hall–Kier alpha value is -1.84. The average molecular weight is 249 g/mol. The highest BCUT2D eigenvalue weighted by Gasteiger charge is 2.15. The summed E-state index contributed by atoms with van der Waals surface area (Å²) < 4.78 is 4.99. The minimum atomic E-state index is -0.555. The Kier molecular flexibility index (Phi) is 5.36. The van der Waals surface area contributed by atoms with Crippen LogP contribution < -0.4 is 0 Å². The molecule has 1 aromatic carbocycles. The molecule has 0 aliphatic carbocycles. The highest BCUT2D eigenvalue weighted by atomic mass is 16.5. The second kappa shape index (κ2) is 6.79. The van der Waals surface area contributed by atoms with Gasteiger partial charge >= 0.3 is 5.97 Å². The predicted octanol–water partition coefficient (Wildman–Crippen LogP) is 2.71. The van der Waals surface area contributed by atoms with Crippen molar-refractivity contribution >= 4 is 11.7 Å². The van der Waals surface area contributed by atoms with Crippen LogP contribution >= 0.6 is 0 Å². The van der Waals surface area contributed by atoms with Crippen LogP contribution in [-0.4, -0.2) is 23.0 Å². The number of ether oxygens (including phenoxy) is 1. The molecule has 4 nitrogen and oxygen atoms in total. The molecule has 0 atom stereocenters. The van der Waals surface area contributed by atoms with Gasteiger partial charge in [-0.1, -0.05) is 29.4 Å². The second-order valence-electron chi connectivity index (χ2n) is 4.43. The molecule has 0 unspecified atom stereocenters. The second-order valence-corrected chi connectivity index (χ2v) is 4.43. The zero-order valence-electron chi connectivity index (χ0n) is 11.0. The largest absolute Gasteiger partial charge is 0.458 e. The van der Waals surface area contributed by atoms with Gasteiger partial charge in [0, 0.05) is 6.42 Å². The van der Waals surface area contributed by atoms with Crippen molar-refractivity contribution in [2.75, 3.05) is 0 Å². The number of hydrogen-bond donors (Lipinski definition) is 1. The SMILES string of the molecule is Cc1ccccc1CCC(=NO)C(=O)OC(C)C. The van der Waals surface area contributed by atoms with Crippen molar-refractivity contribution in [2.24, 2.45) is 5.16 Å². The molecule has 0 aliphatic heterocycles. The molecule has 1 rings (SSSR count). The number of aryl methyl sites for hydroxylation is 2. The zero-order valence-corrected chi connectivity index (χ0v) is 11.0. The van der Waals surface area contributed by atoms with Crippen molar-refractivity contribution in [3.8, 4) is 0 Å². The van der Waals surface area contributed by atoms with Gasteiger partial charge < -0.3 is 9.94 Å². The van der Waals surface area contributed by atoms with Crippen LogP contribution in [0.25, 0.3) is 0 Å². The summed E-state index contributed by atoms with van der Waals surface area (Å²) in [7, 11) is 0. The number of nitrogens with zero attached hydrogens (tertiary/aromatic N) is 1. The van der Waals surface area contributed by atoms with Gasteiger partial charge in [-0.3, -0.25) is 0 Å².